The van der Waals surface area contributed by atoms with Crippen molar-refractivity contribution >= 4 is 34.6 Å². The summed E-state index contributed by atoms with van der Waals surface area (Å²) in [5, 5.41) is 10.8. The van der Waals surface area contributed by atoms with Gasteiger partial charge in [-0.25, -0.2) is 9.59 Å². The Hall–Kier alpha value is -3.81. The molecule has 2 amide bonds. The SMILES string of the molecule is CN(C(=O)CN(C(=O)OC(C)(C)C)c1ccccc1)[C@@H](Cc1c[nH]c2ccccc12)C(=O)O. The summed E-state index contributed by atoms with van der Waals surface area (Å²) in [6.07, 6.45) is 1.20. The van der Waals surface area contributed by atoms with Crippen LogP contribution in [-0.2, 0) is 20.7 Å². The van der Waals surface area contributed by atoms with E-state index in [4.69, 9.17) is 4.74 Å². The zero-order valence-corrected chi connectivity index (χ0v) is 19.2. The average Bonchev–Trinajstić information content (AvgIpc) is 3.17. The van der Waals surface area contributed by atoms with E-state index in [2.05, 4.69) is 4.98 Å². The van der Waals surface area contributed by atoms with Gasteiger partial charge in [-0.1, -0.05) is 36.4 Å². The van der Waals surface area contributed by atoms with Crippen molar-refractivity contribution in [1.29, 1.82) is 0 Å². The number of ether oxygens (including phenoxy) is 1. The molecule has 3 rings (SSSR count). The van der Waals surface area contributed by atoms with Crippen molar-refractivity contribution in [2.75, 3.05) is 18.5 Å². The maximum Gasteiger partial charge on any atom is 0.415 e. The Morgan fingerprint density at radius 1 is 1.03 bits per heavy atom. The van der Waals surface area contributed by atoms with Gasteiger partial charge in [0.1, 0.15) is 18.2 Å². The summed E-state index contributed by atoms with van der Waals surface area (Å²) in [6, 6.07) is 15.2. The molecule has 0 fully saturated rings. The Bertz CT molecular complexity index is 1130. The first-order valence-electron chi connectivity index (χ1n) is 10.7. The summed E-state index contributed by atoms with van der Waals surface area (Å²) in [6.45, 7) is 4.87. The molecule has 1 atom stereocenters. The number of carbonyl (C=O) groups is 3. The van der Waals surface area contributed by atoms with E-state index in [-0.39, 0.29) is 13.0 Å². The van der Waals surface area contributed by atoms with Crippen LogP contribution < -0.4 is 4.90 Å². The Morgan fingerprint density at radius 3 is 2.30 bits per heavy atom. The lowest BCUT2D eigenvalue weighted by Gasteiger charge is -2.30. The molecule has 174 valence electrons. The number of rotatable bonds is 7. The van der Waals surface area contributed by atoms with E-state index in [1.807, 2.05) is 24.3 Å². The molecule has 1 heterocycles. The van der Waals surface area contributed by atoms with Gasteiger partial charge in [0.25, 0.3) is 0 Å². The predicted octanol–water partition coefficient (Wildman–Crippen LogP) is 4.06. The lowest BCUT2D eigenvalue weighted by Crippen LogP contribution is -2.49. The van der Waals surface area contributed by atoms with Crippen molar-refractivity contribution in [3.63, 3.8) is 0 Å². The number of carbonyl (C=O) groups excluding carboxylic acids is 2. The number of aromatic amines is 1. The molecule has 0 aliphatic carbocycles. The van der Waals surface area contributed by atoms with E-state index in [0.29, 0.717) is 5.69 Å². The number of hydrogen-bond acceptors (Lipinski definition) is 4. The van der Waals surface area contributed by atoms with E-state index < -0.39 is 29.6 Å². The lowest BCUT2D eigenvalue weighted by atomic mass is 10.0. The minimum absolute atomic E-state index is 0.124. The number of aliphatic carboxylic acids is 1. The van der Waals surface area contributed by atoms with Crippen molar-refractivity contribution in [3.05, 3.63) is 66.4 Å². The molecule has 3 aromatic rings. The van der Waals surface area contributed by atoms with Crippen LogP contribution in [-0.4, -0.2) is 58.2 Å². The van der Waals surface area contributed by atoms with Crippen LogP contribution in [0, 0.1) is 0 Å². The molecule has 0 saturated carbocycles. The third-order valence-electron chi connectivity index (χ3n) is 5.21. The topological polar surface area (TPSA) is 103 Å². The number of anilines is 1. The van der Waals surface area contributed by atoms with Crippen LogP contribution in [0.25, 0.3) is 10.9 Å². The van der Waals surface area contributed by atoms with Crippen LogP contribution in [0.2, 0.25) is 0 Å². The van der Waals surface area contributed by atoms with E-state index >= 15 is 0 Å². The molecular formula is C25H29N3O5. The Labute approximate surface area is 192 Å². The molecule has 1 aromatic heterocycles. The number of H-pyrrole nitrogens is 1. The minimum Gasteiger partial charge on any atom is -0.480 e. The second kappa shape index (κ2) is 9.77. The van der Waals surface area contributed by atoms with Crippen molar-refractivity contribution in [2.24, 2.45) is 0 Å². The lowest BCUT2D eigenvalue weighted by molar-refractivity contribution is -0.148. The molecule has 0 spiro atoms. The zero-order valence-electron chi connectivity index (χ0n) is 19.2. The number of aromatic nitrogens is 1. The molecule has 0 aliphatic heterocycles. The third kappa shape index (κ3) is 5.91. The van der Waals surface area contributed by atoms with Crippen LogP contribution in [0.4, 0.5) is 10.5 Å². The molecular weight excluding hydrogens is 422 g/mol. The van der Waals surface area contributed by atoms with E-state index in [1.54, 1.807) is 57.3 Å². The first kappa shape index (κ1) is 23.8. The zero-order chi connectivity index (χ0) is 24.2. The second-order valence-corrected chi connectivity index (χ2v) is 8.82. The number of fused-ring (bicyclic) bond motifs is 1. The molecule has 2 N–H and O–H groups in total. The predicted molar refractivity (Wildman–Crippen MR) is 126 cm³/mol. The molecule has 2 aromatic carbocycles. The van der Waals surface area contributed by atoms with Gasteiger partial charge >= 0.3 is 12.1 Å². The van der Waals surface area contributed by atoms with Gasteiger partial charge in [-0.05, 0) is 44.5 Å². The number of carboxylic acids is 1. The van der Waals surface area contributed by atoms with Crippen LogP contribution >= 0.6 is 0 Å². The van der Waals surface area contributed by atoms with E-state index in [1.165, 1.54) is 16.8 Å². The molecule has 0 bridgehead atoms. The second-order valence-electron chi connectivity index (χ2n) is 8.82. The van der Waals surface area contributed by atoms with Gasteiger partial charge in [0.15, 0.2) is 0 Å². The normalized spacial score (nSPS) is 12.2. The molecule has 0 aliphatic rings. The first-order valence-corrected chi connectivity index (χ1v) is 10.7. The van der Waals surface area contributed by atoms with Gasteiger partial charge in [-0.3, -0.25) is 9.69 Å². The largest absolute Gasteiger partial charge is 0.480 e. The van der Waals surface area contributed by atoms with Gasteiger partial charge < -0.3 is 19.7 Å². The number of likely N-dealkylation sites (N-methyl/N-ethyl adjacent to an activating group) is 1. The fourth-order valence-corrected chi connectivity index (χ4v) is 3.51. The number of nitrogens with one attached hydrogen (secondary N) is 1. The molecule has 33 heavy (non-hydrogen) atoms. The number of carboxylic acid groups (broad SMARTS) is 1. The average molecular weight is 452 g/mol. The quantitative estimate of drug-likeness (QED) is 0.564. The summed E-state index contributed by atoms with van der Waals surface area (Å²) in [7, 11) is 1.44. The van der Waals surface area contributed by atoms with E-state index in [0.717, 1.165) is 16.5 Å². The van der Waals surface area contributed by atoms with Crippen LogP contribution in [0.15, 0.2) is 60.8 Å². The number of benzene rings is 2. The number of amides is 2. The molecule has 8 nitrogen and oxygen atoms in total. The standard InChI is InChI=1S/C25H29N3O5/c1-25(2,3)33-24(32)28(18-10-6-5-7-11-18)16-22(29)27(4)21(23(30)31)14-17-15-26-20-13-9-8-12-19(17)20/h5-13,15,21,26H,14,16H2,1-4H3,(H,30,31)/t21-/m0/s1. The molecule has 0 radical (unpaired) electrons. The summed E-state index contributed by atoms with van der Waals surface area (Å²) in [4.78, 5) is 43.6. The monoisotopic (exact) mass is 451 g/mol. The molecule has 0 saturated heterocycles. The number of para-hydroxylation sites is 2. The highest BCUT2D eigenvalue weighted by molar-refractivity contribution is 5.96. The van der Waals surface area contributed by atoms with Crippen LogP contribution in [0.5, 0.6) is 0 Å². The van der Waals surface area contributed by atoms with Crippen molar-refractivity contribution < 1.29 is 24.2 Å². The Kier molecular flexibility index (Phi) is 7.06. The highest BCUT2D eigenvalue weighted by Crippen LogP contribution is 2.22. The van der Waals surface area contributed by atoms with Crippen LogP contribution in [0.1, 0.15) is 26.3 Å². The fourth-order valence-electron chi connectivity index (χ4n) is 3.51. The van der Waals surface area contributed by atoms with Crippen LogP contribution in [0.3, 0.4) is 0 Å². The smallest absolute Gasteiger partial charge is 0.415 e. The van der Waals surface area contributed by atoms with Gasteiger partial charge in [-0.15, -0.1) is 0 Å². The van der Waals surface area contributed by atoms with Crippen molar-refractivity contribution in [3.8, 4) is 0 Å². The first-order chi connectivity index (χ1) is 15.6. The molecule has 0 unspecified atom stereocenters. The third-order valence-corrected chi connectivity index (χ3v) is 5.21. The number of hydrogen-bond donors (Lipinski definition) is 2. The van der Waals surface area contributed by atoms with Gasteiger partial charge in [0, 0.05) is 36.3 Å². The van der Waals surface area contributed by atoms with Crippen molar-refractivity contribution in [2.45, 2.75) is 38.8 Å². The van der Waals surface area contributed by atoms with Gasteiger partial charge in [-0.2, -0.15) is 0 Å². The summed E-state index contributed by atoms with van der Waals surface area (Å²) < 4.78 is 5.47. The highest BCUT2D eigenvalue weighted by atomic mass is 16.6. The van der Waals surface area contributed by atoms with E-state index in [9.17, 15) is 19.5 Å². The minimum atomic E-state index is -1.13. The van der Waals surface area contributed by atoms with Gasteiger partial charge in [0.2, 0.25) is 5.91 Å². The Morgan fingerprint density at radius 2 is 1.67 bits per heavy atom. The fraction of sp³-hybridized carbons (Fsp3) is 0.320. The summed E-state index contributed by atoms with van der Waals surface area (Å²) in [5.74, 6) is -1.64. The maximum absolute atomic E-state index is 13.1. The summed E-state index contributed by atoms with van der Waals surface area (Å²) >= 11 is 0. The maximum atomic E-state index is 13.1. The van der Waals surface area contributed by atoms with Gasteiger partial charge in [0.05, 0.1) is 0 Å². The highest BCUT2D eigenvalue weighted by Gasteiger charge is 2.31. The molecule has 8 heteroatoms. The summed E-state index contributed by atoms with van der Waals surface area (Å²) in [5.41, 5.74) is 1.42. The van der Waals surface area contributed by atoms with Crippen molar-refractivity contribution in [1.82, 2.24) is 9.88 Å². The Balaban J connectivity index is 1.82. The number of nitrogens with zero attached hydrogens (tertiary/aromatic N) is 2.